The first-order valence-corrected chi connectivity index (χ1v) is 5.99. The van der Waals surface area contributed by atoms with Gasteiger partial charge in [0.1, 0.15) is 0 Å². The Bertz CT molecular complexity index is 567. The molecule has 4 N–H and O–H groups in total. The van der Waals surface area contributed by atoms with E-state index in [0.717, 1.165) is 12.0 Å². The summed E-state index contributed by atoms with van der Waals surface area (Å²) >= 11 is 0. The van der Waals surface area contributed by atoms with Gasteiger partial charge in [-0.25, -0.2) is 0 Å². The molecule has 0 radical (unpaired) electrons. The molecule has 0 saturated carbocycles. The van der Waals surface area contributed by atoms with E-state index in [1.54, 1.807) is 6.21 Å². The summed E-state index contributed by atoms with van der Waals surface area (Å²) in [4.78, 5) is 0. The van der Waals surface area contributed by atoms with Crippen molar-refractivity contribution in [3.05, 3.63) is 71.3 Å². The van der Waals surface area contributed by atoms with Crippen molar-refractivity contribution in [1.82, 2.24) is 0 Å². The fourth-order valence-electron chi connectivity index (χ4n) is 1.72. The van der Waals surface area contributed by atoms with Crippen LogP contribution in [0.2, 0.25) is 0 Å². The third-order valence-corrected chi connectivity index (χ3v) is 2.61. The second-order valence-corrected chi connectivity index (χ2v) is 4.17. The maximum absolute atomic E-state index is 5.18. The van der Waals surface area contributed by atoms with Crippen molar-refractivity contribution in [3.8, 4) is 0 Å². The summed E-state index contributed by atoms with van der Waals surface area (Å²) < 4.78 is 0. The van der Waals surface area contributed by atoms with Gasteiger partial charge in [0.2, 0.25) is 5.96 Å². The predicted octanol–water partition coefficient (Wildman–Crippen LogP) is 1.88. The minimum atomic E-state index is -0.0445. The summed E-state index contributed by atoms with van der Waals surface area (Å²) in [5, 5.41) is 7.32. The lowest BCUT2D eigenvalue weighted by Gasteiger charge is -2.02. The Morgan fingerprint density at radius 2 is 1.53 bits per heavy atom. The van der Waals surface area contributed by atoms with Crippen LogP contribution in [-0.4, -0.2) is 12.2 Å². The fourth-order valence-corrected chi connectivity index (χ4v) is 1.72. The summed E-state index contributed by atoms with van der Waals surface area (Å²) in [6.45, 7) is 0. The van der Waals surface area contributed by atoms with Gasteiger partial charge in [-0.3, -0.25) is 0 Å². The first-order chi connectivity index (χ1) is 9.24. The minimum absolute atomic E-state index is 0.0445. The van der Waals surface area contributed by atoms with E-state index in [1.807, 2.05) is 30.3 Å². The maximum Gasteiger partial charge on any atom is 0.211 e. The zero-order valence-corrected chi connectivity index (χ0v) is 10.5. The van der Waals surface area contributed by atoms with Gasteiger partial charge in [-0.15, -0.1) is 5.10 Å². The molecule has 4 heteroatoms. The Morgan fingerprint density at radius 1 is 0.895 bits per heavy atom. The third-order valence-electron chi connectivity index (χ3n) is 2.61. The van der Waals surface area contributed by atoms with Crippen LogP contribution in [0.25, 0.3) is 0 Å². The lowest BCUT2D eigenvalue weighted by atomic mass is 10.0. The van der Waals surface area contributed by atoms with Gasteiger partial charge >= 0.3 is 0 Å². The summed E-state index contributed by atoms with van der Waals surface area (Å²) in [6, 6.07) is 18.5. The van der Waals surface area contributed by atoms with Gasteiger partial charge in [-0.05, 0) is 23.1 Å². The summed E-state index contributed by atoms with van der Waals surface area (Å²) in [7, 11) is 0. The molecule has 4 nitrogen and oxygen atoms in total. The van der Waals surface area contributed by atoms with E-state index in [1.165, 1.54) is 11.1 Å². The summed E-state index contributed by atoms with van der Waals surface area (Å²) in [6.07, 6.45) is 2.54. The number of nitrogens with zero attached hydrogens (tertiary/aromatic N) is 2. The smallest absolute Gasteiger partial charge is 0.211 e. The Kier molecular flexibility index (Phi) is 4.29. The zero-order chi connectivity index (χ0) is 13.5. The molecule has 0 aromatic heterocycles. The van der Waals surface area contributed by atoms with Crippen LogP contribution in [0.3, 0.4) is 0 Å². The zero-order valence-electron chi connectivity index (χ0n) is 10.5. The lowest BCUT2D eigenvalue weighted by Crippen LogP contribution is -2.21. The van der Waals surface area contributed by atoms with E-state index in [9.17, 15) is 0 Å². The van der Waals surface area contributed by atoms with Crippen LogP contribution in [0.15, 0.2) is 64.8 Å². The van der Waals surface area contributed by atoms with Gasteiger partial charge in [-0.1, -0.05) is 54.6 Å². The van der Waals surface area contributed by atoms with Crippen molar-refractivity contribution >= 4 is 12.2 Å². The molecular weight excluding hydrogens is 236 g/mol. The van der Waals surface area contributed by atoms with E-state index in [0.29, 0.717) is 0 Å². The van der Waals surface area contributed by atoms with Crippen LogP contribution in [-0.2, 0) is 6.42 Å². The predicted molar refractivity (Wildman–Crippen MR) is 79.1 cm³/mol. The first-order valence-electron chi connectivity index (χ1n) is 5.99. The molecule has 0 aliphatic carbocycles. The molecule has 0 aliphatic rings. The molecule has 2 rings (SSSR count). The van der Waals surface area contributed by atoms with Gasteiger partial charge in [0.25, 0.3) is 0 Å². The monoisotopic (exact) mass is 252 g/mol. The molecular formula is C15H16N4. The molecule has 0 amide bonds. The molecule has 0 fully saturated rings. The van der Waals surface area contributed by atoms with Crippen molar-refractivity contribution in [1.29, 1.82) is 0 Å². The summed E-state index contributed by atoms with van der Waals surface area (Å²) in [5.74, 6) is -0.0445. The molecule has 96 valence electrons. The van der Waals surface area contributed by atoms with E-state index in [-0.39, 0.29) is 5.96 Å². The molecule has 0 bridgehead atoms. The Morgan fingerprint density at radius 3 is 2.16 bits per heavy atom. The molecule has 0 atom stereocenters. The quantitative estimate of drug-likeness (QED) is 0.495. The fraction of sp³-hybridized carbons (Fsp3) is 0.0667. The lowest BCUT2D eigenvalue weighted by molar-refractivity contribution is 1.19. The SMILES string of the molecule is NC(N)=N/N=C/c1ccc(Cc2ccccc2)cc1. The van der Waals surface area contributed by atoms with Crippen molar-refractivity contribution in [2.75, 3.05) is 0 Å². The normalized spacial score (nSPS) is 10.5. The van der Waals surface area contributed by atoms with Crippen molar-refractivity contribution in [2.45, 2.75) is 6.42 Å². The van der Waals surface area contributed by atoms with Crippen molar-refractivity contribution in [2.24, 2.45) is 21.7 Å². The van der Waals surface area contributed by atoms with E-state index in [2.05, 4.69) is 34.5 Å². The molecule has 0 unspecified atom stereocenters. The second-order valence-electron chi connectivity index (χ2n) is 4.17. The van der Waals surface area contributed by atoms with Gasteiger partial charge in [0, 0.05) is 0 Å². The Labute approximate surface area is 112 Å². The van der Waals surface area contributed by atoms with Crippen LogP contribution in [0.1, 0.15) is 16.7 Å². The van der Waals surface area contributed by atoms with E-state index < -0.39 is 0 Å². The number of nitrogens with two attached hydrogens (primary N) is 2. The number of benzene rings is 2. The van der Waals surface area contributed by atoms with Crippen molar-refractivity contribution < 1.29 is 0 Å². The maximum atomic E-state index is 5.18. The molecule has 0 aliphatic heterocycles. The molecule has 19 heavy (non-hydrogen) atoms. The third kappa shape index (κ3) is 4.27. The average Bonchev–Trinajstić information content (AvgIpc) is 2.42. The molecule has 2 aromatic rings. The van der Waals surface area contributed by atoms with Gasteiger partial charge in [-0.2, -0.15) is 5.10 Å². The average molecular weight is 252 g/mol. The highest BCUT2D eigenvalue weighted by atomic mass is 15.3. The second kappa shape index (κ2) is 6.35. The van der Waals surface area contributed by atoms with Gasteiger partial charge < -0.3 is 11.5 Å². The molecule has 0 saturated heterocycles. The number of hydrogen-bond donors (Lipinski definition) is 2. The van der Waals surface area contributed by atoms with Crippen LogP contribution in [0, 0.1) is 0 Å². The highest BCUT2D eigenvalue weighted by Crippen LogP contribution is 2.09. The van der Waals surface area contributed by atoms with E-state index >= 15 is 0 Å². The summed E-state index contributed by atoms with van der Waals surface area (Å²) in [5.41, 5.74) is 13.9. The standard InChI is InChI=1S/C15H16N4/c16-15(17)19-18-11-14-8-6-13(7-9-14)10-12-4-2-1-3-5-12/h1-9,11H,10H2,(H4,16,17,19)/b18-11+. The molecule has 0 heterocycles. The highest BCUT2D eigenvalue weighted by Gasteiger charge is 1.95. The minimum Gasteiger partial charge on any atom is -0.369 e. The topological polar surface area (TPSA) is 76.8 Å². The molecule has 2 aromatic carbocycles. The van der Waals surface area contributed by atoms with Crippen molar-refractivity contribution in [3.63, 3.8) is 0 Å². The Balaban J connectivity index is 2.03. The van der Waals surface area contributed by atoms with E-state index in [4.69, 9.17) is 11.5 Å². The molecule has 0 spiro atoms. The van der Waals surface area contributed by atoms with Crippen LogP contribution < -0.4 is 11.5 Å². The first kappa shape index (κ1) is 12.8. The number of hydrogen-bond acceptors (Lipinski definition) is 2. The van der Waals surface area contributed by atoms with Gasteiger partial charge in [0.05, 0.1) is 6.21 Å². The van der Waals surface area contributed by atoms with Crippen LogP contribution in [0.4, 0.5) is 0 Å². The number of guanidine groups is 1. The van der Waals surface area contributed by atoms with Crippen LogP contribution >= 0.6 is 0 Å². The Hall–Kier alpha value is -2.62. The largest absolute Gasteiger partial charge is 0.369 e. The number of rotatable bonds is 4. The van der Waals surface area contributed by atoms with Gasteiger partial charge in [0.15, 0.2) is 0 Å². The van der Waals surface area contributed by atoms with Crippen LogP contribution in [0.5, 0.6) is 0 Å². The highest BCUT2D eigenvalue weighted by molar-refractivity contribution is 5.81.